The van der Waals surface area contributed by atoms with Crippen molar-refractivity contribution in [3.8, 4) is 11.4 Å². The molecule has 0 radical (unpaired) electrons. The Kier molecular flexibility index (Phi) is 11.3. The molecule has 0 aliphatic carbocycles. The Bertz CT molecular complexity index is 2050. The number of aliphatic hydroxyl groups is 2. The zero-order valence-corrected chi connectivity index (χ0v) is 32.2. The molecule has 5 heterocycles. The monoisotopic (exact) mass is 840 g/mol. The van der Waals surface area contributed by atoms with E-state index in [0.29, 0.717) is 10.6 Å². The summed E-state index contributed by atoms with van der Waals surface area (Å²) < 4.78 is 18.1. The highest BCUT2D eigenvalue weighted by Crippen LogP contribution is 2.37. The largest absolute Gasteiger partial charge is 0.495 e. The summed E-state index contributed by atoms with van der Waals surface area (Å²) in [6.07, 6.45) is 3.53. The van der Waals surface area contributed by atoms with Crippen molar-refractivity contribution < 1.29 is 19.5 Å². The van der Waals surface area contributed by atoms with Crippen molar-refractivity contribution in [2.45, 2.75) is 66.0 Å². The maximum atomic E-state index is 9.13. The number of pyridine rings is 2. The predicted octanol–water partition coefficient (Wildman–Crippen LogP) is 7.00. The lowest BCUT2D eigenvalue weighted by Crippen LogP contribution is -2.41. The van der Waals surface area contributed by atoms with Gasteiger partial charge in [-0.05, 0) is 109 Å². The molecule has 2 N–H and O–H groups in total. The minimum Gasteiger partial charge on any atom is -0.399 e. The van der Waals surface area contributed by atoms with Gasteiger partial charge in [0, 0.05) is 26.9 Å². The second-order valence-corrected chi connectivity index (χ2v) is 14.7. The molecule has 48 heavy (non-hydrogen) atoms. The second kappa shape index (κ2) is 14.9. The third kappa shape index (κ3) is 7.91. The van der Waals surface area contributed by atoms with E-state index >= 15 is 0 Å². The van der Waals surface area contributed by atoms with Crippen LogP contribution in [-0.2, 0) is 22.5 Å². The molecule has 1 aliphatic rings. The van der Waals surface area contributed by atoms with Crippen LogP contribution in [0, 0.1) is 13.8 Å². The van der Waals surface area contributed by atoms with Crippen molar-refractivity contribution in [3.63, 3.8) is 0 Å². The van der Waals surface area contributed by atoms with Crippen LogP contribution in [0.1, 0.15) is 49.9 Å². The lowest BCUT2D eigenvalue weighted by Gasteiger charge is -2.32. The smallest absolute Gasteiger partial charge is 0.399 e. The van der Waals surface area contributed by atoms with Gasteiger partial charge in [0.05, 0.1) is 24.4 Å². The third-order valence-corrected chi connectivity index (χ3v) is 10.5. The first-order valence-electron chi connectivity index (χ1n) is 15.2. The first kappa shape index (κ1) is 36.3. The summed E-state index contributed by atoms with van der Waals surface area (Å²) in [5, 5.41) is 26.5. The van der Waals surface area contributed by atoms with Crippen LogP contribution in [0.3, 0.4) is 0 Å². The van der Waals surface area contributed by atoms with E-state index in [-0.39, 0.29) is 31.5 Å². The fourth-order valence-corrected chi connectivity index (χ4v) is 5.92. The number of aliphatic hydroxyl groups excluding tert-OH is 2. The molecule has 7 rings (SSSR count). The van der Waals surface area contributed by atoms with Gasteiger partial charge < -0.3 is 19.5 Å². The number of hydrogen-bond acceptors (Lipinski definition) is 8. The van der Waals surface area contributed by atoms with Crippen molar-refractivity contribution in [3.05, 3.63) is 109 Å². The molecule has 0 amide bonds. The van der Waals surface area contributed by atoms with Crippen LogP contribution in [0.15, 0.2) is 86.7 Å². The normalized spacial score (nSPS) is 14.9. The molecule has 6 aromatic rings. The van der Waals surface area contributed by atoms with E-state index in [0.717, 1.165) is 48.0 Å². The van der Waals surface area contributed by atoms with Gasteiger partial charge >= 0.3 is 7.12 Å². The van der Waals surface area contributed by atoms with Crippen LogP contribution in [0.25, 0.3) is 22.7 Å². The highest BCUT2D eigenvalue weighted by atomic mass is 79.9. The zero-order chi connectivity index (χ0) is 34.8. The average molecular weight is 843 g/mol. The molecule has 4 aromatic heterocycles. The Labute approximate surface area is 305 Å². The van der Waals surface area contributed by atoms with E-state index in [1.165, 1.54) is 5.56 Å². The van der Waals surface area contributed by atoms with E-state index in [9.17, 15) is 0 Å². The zero-order valence-electron chi connectivity index (χ0n) is 27.4. The Morgan fingerprint density at radius 2 is 1.21 bits per heavy atom. The van der Waals surface area contributed by atoms with Crippen LogP contribution < -0.4 is 5.46 Å². The number of fused-ring (bicyclic) bond motifs is 2. The van der Waals surface area contributed by atoms with E-state index in [4.69, 9.17) is 19.5 Å². The van der Waals surface area contributed by atoms with E-state index in [1.54, 1.807) is 21.4 Å². The first-order valence-corrected chi connectivity index (χ1v) is 17.5. The van der Waals surface area contributed by atoms with Crippen LogP contribution in [0.4, 0.5) is 0 Å². The molecule has 250 valence electrons. The Hall–Kier alpha value is -2.98. The van der Waals surface area contributed by atoms with Crippen LogP contribution in [-0.4, -0.2) is 57.7 Å². The van der Waals surface area contributed by atoms with Gasteiger partial charge in [0.2, 0.25) is 4.73 Å². The molecule has 0 bridgehead atoms. The summed E-state index contributed by atoms with van der Waals surface area (Å²) in [6, 6.07) is 19.4. The summed E-state index contributed by atoms with van der Waals surface area (Å²) in [7, 11) is -0.280. The number of nitrogens with zero attached hydrogens (tertiary/aromatic N) is 6. The lowest BCUT2D eigenvalue weighted by atomic mass is 9.76. The summed E-state index contributed by atoms with van der Waals surface area (Å²) >= 11 is 10.2. The summed E-state index contributed by atoms with van der Waals surface area (Å²) in [6.45, 7) is 12.4. The molecule has 0 atom stereocenters. The molecule has 1 fully saturated rings. The third-order valence-electron chi connectivity index (χ3n) is 8.45. The van der Waals surface area contributed by atoms with Crippen LogP contribution in [0.2, 0.25) is 0 Å². The lowest BCUT2D eigenvalue weighted by molar-refractivity contribution is 0.00578. The maximum absolute atomic E-state index is 9.13. The number of rotatable bonds is 4. The topological polar surface area (TPSA) is 119 Å². The van der Waals surface area contributed by atoms with Crippen molar-refractivity contribution in [1.82, 2.24) is 29.2 Å². The van der Waals surface area contributed by atoms with Gasteiger partial charge in [-0.25, -0.2) is 19.0 Å². The van der Waals surface area contributed by atoms with E-state index in [1.807, 2.05) is 61.5 Å². The molecule has 2 aromatic carbocycles. The first-order chi connectivity index (χ1) is 22.7. The molecule has 0 unspecified atom stereocenters. The van der Waals surface area contributed by atoms with Gasteiger partial charge in [-0.2, -0.15) is 0 Å². The van der Waals surface area contributed by atoms with Crippen molar-refractivity contribution >= 4 is 71.7 Å². The van der Waals surface area contributed by atoms with Crippen LogP contribution >= 0.6 is 47.8 Å². The van der Waals surface area contributed by atoms with Crippen molar-refractivity contribution in [1.29, 1.82) is 0 Å². The number of aromatic nitrogens is 6. The quantitative estimate of drug-likeness (QED) is 0.182. The van der Waals surface area contributed by atoms with Gasteiger partial charge in [0.15, 0.2) is 17.1 Å². The van der Waals surface area contributed by atoms with Crippen molar-refractivity contribution in [2.24, 2.45) is 0 Å². The summed E-state index contributed by atoms with van der Waals surface area (Å²) in [4.78, 5) is 8.59. The molecular formula is C34H36BBr3N6O4. The highest BCUT2D eigenvalue weighted by molar-refractivity contribution is 9.11. The minimum absolute atomic E-state index is 0.00104. The minimum atomic E-state index is -0.285. The Morgan fingerprint density at radius 1 is 0.688 bits per heavy atom. The summed E-state index contributed by atoms with van der Waals surface area (Å²) in [5.41, 5.74) is 6.98. The standard InChI is InChI=1S/C14H12BrN3O.C13H18BBrO2.C7H6BrN3O/c1-9-11(3-2-4-12(9)15)14-16-13-6-5-10(8-19)7-18(13)17-14;1-9-10(7-6-8-11(9)15)14-16-12(2,3)13(4,5)17-14;8-7-9-6-2-1-5(4-12)3-11(6)10-7/h2-7,19H,8H2,1H3;6-8H,1-5H3;1-3,12H,4H2. The fourth-order valence-electron chi connectivity index (χ4n) is 4.82. The molecule has 10 nitrogen and oxygen atoms in total. The number of benzene rings is 2. The molecule has 1 saturated heterocycles. The van der Waals surface area contributed by atoms with Gasteiger partial charge in [-0.3, -0.25) is 0 Å². The van der Waals surface area contributed by atoms with Gasteiger partial charge in [0.25, 0.3) is 0 Å². The Morgan fingerprint density at radius 3 is 1.79 bits per heavy atom. The van der Waals surface area contributed by atoms with E-state index < -0.39 is 0 Å². The van der Waals surface area contributed by atoms with Gasteiger partial charge in [0.1, 0.15) is 0 Å². The predicted molar refractivity (Wildman–Crippen MR) is 198 cm³/mol. The summed E-state index contributed by atoms with van der Waals surface area (Å²) in [5.74, 6) is 0.689. The highest BCUT2D eigenvalue weighted by Gasteiger charge is 2.52. The van der Waals surface area contributed by atoms with Gasteiger partial charge in [-0.1, -0.05) is 68.3 Å². The molecule has 14 heteroatoms. The van der Waals surface area contributed by atoms with Crippen LogP contribution in [0.5, 0.6) is 0 Å². The van der Waals surface area contributed by atoms with Crippen molar-refractivity contribution in [2.75, 3.05) is 0 Å². The van der Waals surface area contributed by atoms with E-state index in [2.05, 4.69) is 109 Å². The Balaban J connectivity index is 0.000000144. The molecule has 0 spiro atoms. The molecule has 0 saturated carbocycles. The molecular weight excluding hydrogens is 807 g/mol. The average Bonchev–Trinajstić information content (AvgIpc) is 3.70. The number of hydrogen-bond donors (Lipinski definition) is 2. The number of halogens is 3. The fraction of sp³-hybridized carbons (Fsp3) is 0.294. The SMILES string of the molecule is Cc1c(Br)cccc1-c1nc2ccc(CO)cn2n1.Cc1c(Br)cccc1B1OC(C)(C)C(C)(C)O1.OCc1ccc2nc(Br)nn2c1. The van der Waals surface area contributed by atoms with Gasteiger partial charge in [-0.15, -0.1) is 10.2 Å². The maximum Gasteiger partial charge on any atom is 0.495 e. The second-order valence-electron chi connectivity index (χ2n) is 12.3. The molecule has 1 aliphatic heterocycles.